The van der Waals surface area contributed by atoms with Crippen LogP contribution in [-0.2, 0) is 6.42 Å². The highest BCUT2D eigenvalue weighted by atomic mass is 16.3. The number of aryl methyl sites for hydroxylation is 2. The van der Waals surface area contributed by atoms with Crippen molar-refractivity contribution < 1.29 is 4.42 Å². The molecule has 0 bridgehead atoms. The van der Waals surface area contributed by atoms with E-state index < -0.39 is 0 Å². The third kappa shape index (κ3) is 3.01. The largest absolute Gasteiger partial charge is 0.463 e. The van der Waals surface area contributed by atoms with Gasteiger partial charge in [-0.3, -0.25) is 4.98 Å². The number of benzene rings is 2. The van der Waals surface area contributed by atoms with Crippen LogP contribution in [0.25, 0.3) is 33.0 Å². The van der Waals surface area contributed by atoms with E-state index >= 15 is 0 Å². The van der Waals surface area contributed by atoms with Gasteiger partial charge >= 0.3 is 0 Å². The van der Waals surface area contributed by atoms with Gasteiger partial charge in [-0.25, -0.2) is 0 Å². The predicted octanol–water partition coefficient (Wildman–Crippen LogP) is 6.85. The number of rotatable bonds is 2. The number of aromatic nitrogens is 1. The van der Waals surface area contributed by atoms with Crippen molar-refractivity contribution in [3.05, 3.63) is 65.5 Å². The van der Waals surface area contributed by atoms with Gasteiger partial charge < -0.3 is 4.42 Å². The van der Waals surface area contributed by atoms with Crippen LogP contribution in [0.1, 0.15) is 37.5 Å². The van der Waals surface area contributed by atoms with Crippen LogP contribution in [0.15, 0.2) is 53.3 Å². The Balaban J connectivity index is 1.94. The fraction of sp³-hybridized carbons (Fsp3) is 0.292. The molecule has 4 rings (SSSR count). The van der Waals surface area contributed by atoms with Gasteiger partial charge in [0.05, 0.1) is 12.0 Å². The minimum Gasteiger partial charge on any atom is -0.463 e. The predicted molar refractivity (Wildman–Crippen MR) is 110 cm³/mol. The lowest BCUT2D eigenvalue weighted by Gasteiger charge is -2.16. The van der Waals surface area contributed by atoms with Crippen molar-refractivity contribution in [1.29, 1.82) is 0 Å². The fourth-order valence-electron chi connectivity index (χ4n) is 3.85. The first-order valence-electron chi connectivity index (χ1n) is 9.18. The molecule has 26 heavy (non-hydrogen) atoms. The molecule has 0 aliphatic carbocycles. The van der Waals surface area contributed by atoms with Crippen molar-refractivity contribution in [2.45, 2.75) is 41.0 Å². The third-order valence-corrected chi connectivity index (χ3v) is 4.78. The van der Waals surface area contributed by atoms with E-state index in [9.17, 15) is 0 Å². The first kappa shape index (κ1) is 16.8. The van der Waals surface area contributed by atoms with Crippen molar-refractivity contribution in [3.8, 4) is 11.3 Å². The van der Waals surface area contributed by atoms with Crippen molar-refractivity contribution in [1.82, 2.24) is 4.98 Å². The second-order valence-corrected chi connectivity index (χ2v) is 8.57. The zero-order valence-corrected chi connectivity index (χ0v) is 16.2. The Kier molecular flexibility index (Phi) is 3.87. The molecule has 0 radical (unpaired) electrons. The highest BCUT2D eigenvalue weighted by molar-refractivity contribution is 6.09. The summed E-state index contributed by atoms with van der Waals surface area (Å²) >= 11 is 0. The molecule has 0 N–H and O–H groups in total. The smallest absolute Gasteiger partial charge is 0.142 e. The molecule has 2 aromatic heterocycles. The number of pyridine rings is 1. The molecule has 2 nitrogen and oxygen atoms in total. The van der Waals surface area contributed by atoms with Gasteiger partial charge in [0.2, 0.25) is 0 Å². The molecule has 2 aromatic carbocycles. The van der Waals surface area contributed by atoms with Crippen molar-refractivity contribution >= 4 is 21.7 Å². The van der Waals surface area contributed by atoms with Gasteiger partial charge in [-0.2, -0.15) is 0 Å². The van der Waals surface area contributed by atoms with Gasteiger partial charge in [-0.1, -0.05) is 50.1 Å². The first-order chi connectivity index (χ1) is 12.3. The molecular formula is C24H25NO. The van der Waals surface area contributed by atoms with E-state index in [1.807, 2.05) is 12.5 Å². The Hall–Kier alpha value is -2.61. The number of hydrogen-bond donors (Lipinski definition) is 0. The van der Waals surface area contributed by atoms with Crippen LogP contribution < -0.4 is 0 Å². The number of nitrogens with zero attached hydrogens (tertiary/aromatic N) is 1. The summed E-state index contributed by atoms with van der Waals surface area (Å²) < 4.78 is 6.02. The molecule has 0 fully saturated rings. The maximum atomic E-state index is 6.02. The molecule has 2 heteroatoms. The van der Waals surface area contributed by atoms with E-state index in [1.165, 1.54) is 22.1 Å². The highest BCUT2D eigenvalue weighted by Gasteiger charge is 2.17. The van der Waals surface area contributed by atoms with E-state index in [-0.39, 0.29) is 5.41 Å². The quantitative estimate of drug-likeness (QED) is 0.397. The van der Waals surface area contributed by atoms with Crippen LogP contribution in [0.2, 0.25) is 0 Å². The average molecular weight is 343 g/mol. The van der Waals surface area contributed by atoms with Crippen LogP contribution in [0.5, 0.6) is 0 Å². The Morgan fingerprint density at radius 2 is 1.58 bits per heavy atom. The molecule has 0 atom stereocenters. The first-order valence-corrected chi connectivity index (χ1v) is 9.18. The van der Waals surface area contributed by atoms with Gasteiger partial charge in [0.1, 0.15) is 5.58 Å². The zero-order chi connectivity index (χ0) is 18.5. The fourth-order valence-corrected chi connectivity index (χ4v) is 3.85. The summed E-state index contributed by atoms with van der Waals surface area (Å²) in [6.45, 7) is 11.0. The maximum Gasteiger partial charge on any atom is 0.142 e. The molecule has 132 valence electrons. The average Bonchev–Trinajstić information content (AvgIpc) is 2.95. The lowest BCUT2D eigenvalue weighted by molar-refractivity contribution is 0.410. The van der Waals surface area contributed by atoms with Crippen molar-refractivity contribution in [2.75, 3.05) is 0 Å². The Bertz CT molecular complexity index is 1090. The summed E-state index contributed by atoms with van der Waals surface area (Å²) in [6.07, 6.45) is 4.81. The highest BCUT2D eigenvalue weighted by Crippen LogP contribution is 2.36. The molecule has 0 unspecified atom stereocenters. The van der Waals surface area contributed by atoms with Crippen LogP contribution in [0.4, 0.5) is 0 Å². The molecule has 0 aliphatic heterocycles. The Morgan fingerprint density at radius 1 is 0.885 bits per heavy atom. The van der Waals surface area contributed by atoms with Gasteiger partial charge in [0, 0.05) is 27.9 Å². The minimum absolute atomic E-state index is 0.230. The van der Waals surface area contributed by atoms with Gasteiger partial charge in [0.25, 0.3) is 0 Å². The molecular weight excluding hydrogens is 318 g/mol. The summed E-state index contributed by atoms with van der Waals surface area (Å²) in [6, 6.07) is 13.0. The zero-order valence-electron chi connectivity index (χ0n) is 16.2. The van der Waals surface area contributed by atoms with Gasteiger partial charge in [-0.15, -0.1) is 0 Å². The van der Waals surface area contributed by atoms with E-state index in [2.05, 4.69) is 71.0 Å². The molecule has 2 heterocycles. The Morgan fingerprint density at radius 3 is 2.27 bits per heavy atom. The molecule has 4 aromatic rings. The van der Waals surface area contributed by atoms with Crippen LogP contribution in [0.3, 0.4) is 0 Å². The van der Waals surface area contributed by atoms with Gasteiger partial charge in [-0.05, 0) is 49.4 Å². The van der Waals surface area contributed by atoms with E-state index in [0.29, 0.717) is 0 Å². The van der Waals surface area contributed by atoms with E-state index in [1.54, 1.807) is 0 Å². The van der Waals surface area contributed by atoms with E-state index in [0.717, 1.165) is 34.0 Å². The molecule has 0 aliphatic rings. The maximum absolute atomic E-state index is 6.02. The molecule has 0 saturated carbocycles. The van der Waals surface area contributed by atoms with Crippen LogP contribution in [-0.4, -0.2) is 4.98 Å². The van der Waals surface area contributed by atoms with Crippen LogP contribution in [0, 0.1) is 19.3 Å². The summed E-state index contributed by atoms with van der Waals surface area (Å²) in [5, 5.41) is 3.48. The van der Waals surface area contributed by atoms with Crippen LogP contribution >= 0.6 is 0 Å². The minimum atomic E-state index is 0.230. The SMILES string of the molecule is Cc1cc(C)cc(-c2nccc3c2ccc2c(CC(C)(C)C)coc23)c1. The number of hydrogen-bond acceptors (Lipinski definition) is 2. The summed E-state index contributed by atoms with van der Waals surface area (Å²) in [5.41, 5.74) is 7.16. The summed E-state index contributed by atoms with van der Waals surface area (Å²) in [7, 11) is 0. The molecule has 0 spiro atoms. The monoisotopic (exact) mass is 343 g/mol. The molecule has 0 saturated heterocycles. The van der Waals surface area contributed by atoms with Crippen molar-refractivity contribution in [2.24, 2.45) is 5.41 Å². The standard InChI is InChI=1S/C24H25NO/c1-15-10-16(2)12-17(11-15)22-20-7-6-19-18(13-24(3,4)5)14-26-23(19)21(20)8-9-25-22/h6-12,14H,13H2,1-5H3. The lowest BCUT2D eigenvalue weighted by Crippen LogP contribution is -2.08. The second-order valence-electron chi connectivity index (χ2n) is 8.57. The summed E-state index contributed by atoms with van der Waals surface area (Å²) in [5.74, 6) is 0. The Labute approximate surface area is 154 Å². The van der Waals surface area contributed by atoms with Crippen molar-refractivity contribution in [3.63, 3.8) is 0 Å². The molecule has 0 amide bonds. The number of fused-ring (bicyclic) bond motifs is 3. The normalized spacial score (nSPS) is 12.2. The topological polar surface area (TPSA) is 26.0 Å². The second kappa shape index (κ2) is 5.98. The third-order valence-electron chi connectivity index (χ3n) is 4.78. The lowest BCUT2D eigenvalue weighted by atomic mass is 9.88. The van der Waals surface area contributed by atoms with Gasteiger partial charge in [0.15, 0.2) is 0 Å². The van der Waals surface area contributed by atoms with E-state index in [4.69, 9.17) is 9.40 Å². The number of furan rings is 1. The summed E-state index contributed by atoms with van der Waals surface area (Å²) in [4.78, 5) is 4.69.